The first-order valence-electron chi connectivity index (χ1n) is 11.0. The summed E-state index contributed by atoms with van der Waals surface area (Å²) in [6.07, 6.45) is 5.62. The van der Waals surface area contributed by atoms with E-state index in [1.165, 1.54) is 12.8 Å². The molecule has 156 valence electrons. The van der Waals surface area contributed by atoms with Gasteiger partial charge in [0.2, 0.25) is 0 Å². The van der Waals surface area contributed by atoms with Gasteiger partial charge in [-0.25, -0.2) is 4.98 Å². The topological polar surface area (TPSA) is 64.0 Å². The Bertz CT molecular complexity index is 854. The number of fused-ring (bicyclic) bond motifs is 1. The molecule has 0 spiro atoms. The molecular weight excluding hydrogens is 358 g/mol. The molecule has 0 aliphatic carbocycles. The molecule has 2 N–H and O–H groups in total. The van der Waals surface area contributed by atoms with E-state index >= 15 is 0 Å². The van der Waals surface area contributed by atoms with E-state index in [9.17, 15) is 5.26 Å². The Hall–Kier alpha value is -2.32. The fourth-order valence-electron chi connectivity index (χ4n) is 4.20. The van der Waals surface area contributed by atoms with E-state index in [-0.39, 0.29) is 5.54 Å². The second-order valence-corrected chi connectivity index (χ2v) is 9.10. The predicted octanol–water partition coefficient (Wildman–Crippen LogP) is 5.07. The predicted molar refractivity (Wildman–Crippen MR) is 123 cm³/mol. The molecule has 0 bridgehead atoms. The number of nitrogens with one attached hydrogen (secondary N) is 2. The van der Waals surface area contributed by atoms with Gasteiger partial charge < -0.3 is 15.5 Å². The average molecular weight is 394 g/mol. The van der Waals surface area contributed by atoms with Crippen molar-refractivity contribution in [2.24, 2.45) is 0 Å². The van der Waals surface area contributed by atoms with Crippen molar-refractivity contribution < 1.29 is 0 Å². The molecular formula is C24H35N5. The van der Waals surface area contributed by atoms with Gasteiger partial charge in [0.1, 0.15) is 17.5 Å². The van der Waals surface area contributed by atoms with Crippen molar-refractivity contribution in [3.8, 4) is 6.07 Å². The van der Waals surface area contributed by atoms with Gasteiger partial charge in [0.15, 0.2) is 0 Å². The highest BCUT2D eigenvalue weighted by atomic mass is 15.2. The quantitative estimate of drug-likeness (QED) is 0.643. The van der Waals surface area contributed by atoms with Crippen LogP contribution >= 0.6 is 0 Å². The van der Waals surface area contributed by atoms with Gasteiger partial charge in [-0.2, -0.15) is 5.26 Å². The zero-order valence-corrected chi connectivity index (χ0v) is 18.4. The van der Waals surface area contributed by atoms with Crippen LogP contribution in [-0.4, -0.2) is 36.2 Å². The molecule has 0 amide bonds. The van der Waals surface area contributed by atoms with Gasteiger partial charge in [0.25, 0.3) is 0 Å². The van der Waals surface area contributed by atoms with Crippen molar-refractivity contribution in [3.63, 3.8) is 0 Å². The minimum absolute atomic E-state index is 0.129. The number of nitriles is 1. The second kappa shape index (κ2) is 9.45. The van der Waals surface area contributed by atoms with Gasteiger partial charge in [0, 0.05) is 36.6 Å². The Morgan fingerprint density at radius 1 is 1.17 bits per heavy atom. The smallest absolute Gasteiger partial charge is 0.146 e. The fourth-order valence-corrected chi connectivity index (χ4v) is 4.20. The van der Waals surface area contributed by atoms with Crippen molar-refractivity contribution in [1.82, 2.24) is 10.3 Å². The highest BCUT2D eigenvalue weighted by molar-refractivity contribution is 5.97. The van der Waals surface area contributed by atoms with Crippen LogP contribution in [0.25, 0.3) is 10.9 Å². The van der Waals surface area contributed by atoms with E-state index in [1.54, 1.807) is 0 Å². The number of piperidine rings is 1. The number of nitrogens with zero attached hydrogens (tertiary/aromatic N) is 3. The van der Waals surface area contributed by atoms with E-state index in [4.69, 9.17) is 4.98 Å². The molecule has 1 aromatic heterocycles. The molecule has 1 aliphatic rings. The summed E-state index contributed by atoms with van der Waals surface area (Å²) in [7, 11) is 0. The van der Waals surface area contributed by atoms with Gasteiger partial charge in [-0.05, 0) is 46.1 Å². The first-order valence-corrected chi connectivity index (χ1v) is 11.0. The molecule has 1 aliphatic heterocycles. The van der Waals surface area contributed by atoms with Gasteiger partial charge in [0.05, 0.1) is 11.2 Å². The van der Waals surface area contributed by atoms with Crippen LogP contribution < -0.4 is 15.5 Å². The Balaban J connectivity index is 1.89. The molecule has 1 saturated heterocycles. The zero-order chi connectivity index (χ0) is 20.9. The van der Waals surface area contributed by atoms with Crippen LogP contribution in [0.3, 0.4) is 0 Å². The largest absolute Gasteiger partial charge is 0.370 e. The molecule has 0 radical (unpaired) electrons. The Kier molecular flexibility index (Phi) is 6.97. The summed E-state index contributed by atoms with van der Waals surface area (Å²) in [5.41, 5.74) is 2.81. The monoisotopic (exact) mass is 393 g/mol. The minimum atomic E-state index is 0.129. The van der Waals surface area contributed by atoms with Crippen LogP contribution in [0.1, 0.15) is 65.4 Å². The third-order valence-electron chi connectivity index (χ3n) is 5.50. The normalized spacial score (nSPS) is 15.5. The summed E-state index contributed by atoms with van der Waals surface area (Å²) in [5.74, 6) is 0.729. The van der Waals surface area contributed by atoms with Gasteiger partial charge >= 0.3 is 0 Å². The Morgan fingerprint density at radius 2 is 1.90 bits per heavy atom. The van der Waals surface area contributed by atoms with Crippen LogP contribution in [0.2, 0.25) is 0 Å². The van der Waals surface area contributed by atoms with Crippen molar-refractivity contribution >= 4 is 22.4 Å². The first-order chi connectivity index (χ1) is 13.9. The maximum absolute atomic E-state index is 10.0. The highest BCUT2D eigenvalue weighted by Gasteiger charge is 2.26. The van der Waals surface area contributed by atoms with E-state index in [0.717, 1.165) is 61.3 Å². The molecule has 2 heterocycles. The SMILES string of the molecule is CCCCCNc1nc2ccccc2c(N2CCC(NC(C)(C)C)CC2)c1C#N. The maximum atomic E-state index is 10.0. The van der Waals surface area contributed by atoms with Crippen molar-refractivity contribution in [2.75, 3.05) is 29.9 Å². The van der Waals surface area contributed by atoms with Crippen molar-refractivity contribution in [3.05, 3.63) is 29.8 Å². The molecule has 0 unspecified atom stereocenters. The number of hydrogen-bond donors (Lipinski definition) is 2. The van der Waals surface area contributed by atoms with E-state index in [1.807, 2.05) is 18.2 Å². The number of anilines is 2. The maximum Gasteiger partial charge on any atom is 0.146 e. The number of hydrogen-bond acceptors (Lipinski definition) is 5. The summed E-state index contributed by atoms with van der Waals surface area (Å²) < 4.78 is 0. The van der Waals surface area contributed by atoms with Gasteiger partial charge in [-0.1, -0.05) is 38.0 Å². The average Bonchev–Trinajstić information content (AvgIpc) is 2.69. The zero-order valence-electron chi connectivity index (χ0n) is 18.4. The van der Waals surface area contributed by atoms with E-state index in [2.05, 4.69) is 55.4 Å². The first kappa shape index (κ1) is 21.4. The molecule has 0 saturated carbocycles. The summed E-state index contributed by atoms with van der Waals surface area (Å²) in [5, 5.41) is 18.3. The fraction of sp³-hybridized carbons (Fsp3) is 0.583. The van der Waals surface area contributed by atoms with Crippen LogP contribution in [0.5, 0.6) is 0 Å². The van der Waals surface area contributed by atoms with Gasteiger partial charge in [-0.3, -0.25) is 0 Å². The summed E-state index contributed by atoms with van der Waals surface area (Å²) in [6, 6.07) is 11.2. The number of rotatable bonds is 7. The standard InChI is InChI=1S/C24H35N5/c1-5-6-9-14-26-23-20(17-25)22(19-10-7-8-11-21(19)27-23)29-15-12-18(13-16-29)28-24(2,3)4/h7-8,10-11,18,28H,5-6,9,12-16H2,1-4H3,(H,26,27). The Labute approximate surface area is 175 Å². The lowest BCUT2D eigenvalue weighted by Crippen LogP contribution is -2.49. The number of benzene rings is 1. The van der Waals surface area contributed by atoms with Crippen LogP contribution in [0.15, 0.2) is 24.3 Å². The van der Waals surface area contributed by atoms with E-state index in [0.29, 0.717) is 11.6 Å². The summed E-state index contributed by atoms with van der Waals surface area (Å²) >= 11 is 0. The summed E-state index contributed by atoms with van der Waals surface area (Å²) in [6.45, 7) is 11.6. The molecule has 5 heteroatoms. The van der Waals surface area contributed by atoms with E-state index < -0.39 is 0 Å². The van der Waals surface area contributed by atoms with Crippen LogP contribution in [0, 0.1) is 11.3 Å². The third-order valence-corrected chi connectivity index (χ3v) is 5.50. The molecule has 1 fully saturated rings. The molecule has 1 aromatic carbocycles. The number of pyridine rings is 1. The van der Waals surface area contributed by atoms with Crippen molar-refractivity contribution in [1.29, 1.82) is 5.26 Å². The molecule has 3 rings (SSSR count). The second-order valence-electron chi connectivity index (χ2n) is 9.10. The molecule has 0 atom stereocenters. The van der Waals surface area contributed by atoms with Crippen LogP contribution in [0.4, 0.5) is 11.5 Å². The Morgan fingerprint density at radius 3 is 2.55 bits per heavy atom. The molecule has 29 heavy (non-hydrogen) atoms. The number of unbranched alkanes of at least 4 members (excludes halogenated alkanes) is 2. The lowest BCUT2D eigenvalue weighted by molar-refractivity contribution is 0.317. The van der Waals surface area contributed by atoms with Crippen LogP contribution in [-0.2, 0) is 0 Å². The lowest BCUT2D eigenvalue weighted by atomic mass is 9.98. The molecule has 5 nitrogen and oxygen atoms in total. The third kappa shape index (κ3) is 5.39. The van der Waals surface area contributed by atoms with Crippen molar-refractivity contribution in [2.45, 2.75) is 71.4 Å². The minimum Gasteiger partial charge on any atom is -0.370 e. The number of aromatic nitrogens is 1. The summed E-state index contributed by atoms with van der Waals surface area (Å²) in [4.78, 5) is 7.18. The lowest BCUT2D eigenvalue weighted by Gasteiger charge is -2.38. The highest BCUT2D eigenvalue weighted by Crippen LogP contribution is 2.35. The number of para-hydroxylation sites is 1. The molecule has 2 aromatic rings. The van der Waals surface area contributed by atoms with Gasteiger partial charge in [-0.15, -0.1) is 0 Å².